The van der Waals surface area contributed by atoms with Crippen LogP contribution in [-0.4, -0.2) is 13.0 Å². The average molecular weight is 290 g/mol. The van der Waals surface area contributed by atoms with E-state index in [1.165, 1.54) is 12.1 Å². The maximum Gasteiger partial charge on any atom is 0.251 e. The van der Waals surface area contributed by atoms with Crippen LogP contribution >= 0.6 is 0 Å². The number of nitrogens with one attached hydrogen (secondary N) is 2. The second-order valence-corrected chi connectivity index (χ2v) is 4.74. The van der Waals surface area contributed by atoms with E-state index in [0.29, 0.717) is 17.7 Å². The summed E-state index contributed by atoms with van der Waals surface area (Å²) in [5, 5.41) is 5.66. The van der Waals surface area contributed by atoms with Crippen molar-refractivity contribution in [3.63, 3.8) is 0 Å². The number of halogens is 2. The lowest BCUT2D eigenvalue weighted by Gasteiger charge is -2.11. The number of hydrogen-bond donors (Lipinski definition) is 2. The number of benzene rings is 2. The number of carbonyl (C=O) groups excluding carboxylic acids is 1. The molecule has 2 N–H and O–H groups in total. The molecule has 0 saturated carbocycles. The van der Waals surface area contributed by atoms with Crippen LogP contribution in [-0.2, 0) is 6.54 Å². The van der Waals surface area contributed by atoms with Gasteiger partial charge in [0.2, 0.25) is 0 Å². The van der Waals surface area contributed by atoms with E-state index >= 15 is 0 Å². The predicted octanol–water partition coefficient (Wildman–Crippen LogP) is 3.24. The molecule has 0 aliphatic rings. The molecule has 0 bridgehead atoms. The second kappa shape index (κ2) is 6.35. The molecular weight excluding hydrogens is 274 g/mol. The van der Waals surface area contributed by atoms with Crippen molar-refractivity contribution in [2.45, 2.75) is 13.5 Å². The van der Waals surface area contributed by atoms with Crippen molar-refractivity contribution in [2.24, 2.45) is 0 Å². The minimum atomic E-state index is -0.599. The van der Waals surface area contributed by atoms with Gasteiger partial charge in [-0.3, -0.25) is 4.79 Å². The van der Waals surface area contributed by atoms with E-state index in [4.69, 9.17) is 0 Å². The Morgan fingerprint density at radius 1 is 1.10 bits per heavy atom. The summed E-state index contributed by atoms with van der Waals surface area (Å²) < 4.78 is 26.2. The standard InChI is InChI=1S/C16H16F2N2O/c1-10-5-12(16(21)19-2)3-4-15(10)20-9-11-6-13(17)8-14(18)7-11/h3-8,20H,9H2,1-2H3,(H,19,21). The summed E-state index contributed by atoms with van der Waals surface area (Å²) in [5.41, 5.74) is 2.78. The molecule has 21 heavy (non-hydrogen) atoms. The molecule has 0 aromatic heterocycles. The number of anilines is 1. The third kappa shape index (κ3) is 3.78. The molecule has 0 saturated heterocycles. The van der Waals surface area contributed by atoms with Gasteiger partial charge in [0.15, 0.2) is 0 Å². The Balaban J connectivity index is 2.11. The van der Waals surface area contributed by atoms with Crippen LogP contribution in [0.5, 0.6) is 0 Å². The summed E-state index contributed by atoms with van der Waals surface area (Å²) in [6.07, 6.45) is 0. The zero-order chi connectivity index (χ0) is 15.4. The van der Waals surface area contributed by atoms with Crippen molar-refractivity contribution in [1.29, 1.82) is 0 Å². The third-order valence-electron chi connectivity index (χ3n) is 3.12. The van der Waals surface area contributed by atoms with Crippen molar-refractivity contribution in [1.82, 2.24) is 5.32 Å². The van der Waals surface area contributed by atoms with Gasteiger partial charge in [-0.15, -0.1) is 0 Å². The van der Waals surface area contributed by atoms with Crippen molar-refractivity contribution in [2.75, 3.05) is 12.4 Å². The van der Waals surface area contributed by atoms with E-state index in [0.717, 1.165) is 17.3 Å². The van der Waals surface area contributed by atoms with Gasteiger partial charge in [-0.2, -0.15) is 0 Å². The Morgan fingerprint density at radius 2 is 1.76 bits per heavy atom. The number of hydrogen-bond acceptors (Lipinski definition) is 2. The molecule has 2 aromatic rings. The van der Waals surface area contributed by atoms with Crippen LogP contribution < -0.4 is 10.6 Å². The summed E-state index contributed by atoms with van der Waals surface area (Å²) in [6.45, 7) is 2.16. The molecule has 3 nitrogen and oxygen atoms in total. The number of rotatable bonds is 4. The Kier molecular flexibility index (Phi) is 4.52. The van der Waals surface area contributed by atoms with Gasteiger partial charge in [0.1, 0.15) is 11.6 Å². The molecule has 110 valence electrons. The monoisotopic (exact) mass is 290 g/mol. The fourth-order valence-corrected chi connectivity index (χ4v) is 2.06. The topological polar surface area (TPSA) is 41.1 Å². The van der Waals surface area contributed by atoms with E-state index < -0.39 is 11.6 Å². The Morgan fingerprint density at radius 3 is 2.33 bits per heavy atom. The molecule has 2 rings (SSSR count). The molecule has 1 amide bonds. The first-order valence-electron chi connectivity index (χ1n) is 6.51. The quantitative estimate of drug-likeness (QED) is 0.907. The summed E-state index contributed by atoms with van der Waals surface area (Å²) in [6, 6.07) is 8.63. The van der Waals surface area contributed by atoms with Gasteiger partial charge in [-0.25, -0.2) is 8.78 Å². The Labute approximate surface area is 122 Å². The van der Waals surface area contributed by atoms with Crippen molar-refractivity contribution < 1.29 is 13.6 Å². The molecule has 0 atom stereocenters. The lowest BCUT2D eigenvalue weighted by atomic mass is 10.1. The van der Waals surface area contributed by atoms with Crippen molar-refractivity contribution >= 4 is 11.6 Å². The van der Waals surface area contributed by atoms with Gasteiger partial charge in [0.25, 0.3) is 5.91 Å². The fourth-order valence-electron chi connectivity index (χ4n) is 2.06. The third-order valence-corrected chi connectivity index (χ3v) is 3.12. The Hall–Kier alpha value is -2.43. The highest BCUT2D eigenvalue weighted by atomic mass is 19.1. The molecule has 0 heterocycles. The maximum atomic E-state index is 13.1. The van der Waals surface area contributed by atoms with Crippen LogP contribution in [0.2, 0.25) is 0 Å². The number of aryl methyl sites for hydroxylation is 1. The molecule has 2 aromatic carbocycles. The van der Waals surface area contributed by atoms with Crippen molar-refractivity contribution in [3.05, 3.63) is 64.7 Å². The highest BCUT2D eigenvalue weighted by Gasteiger charge is 2.06. The van der Waals surface area contributed by atoms with E-state index in [2.05, 4.69) is 10.6 Å². The van der Waals surface area contributed by atoms with Gasteiger partial charge >= 0.3 is 0 Å². The zero-order valence-electron chi connectivity index (χ0n) is 11.8. The lowest BCUT2D eigenvalue weighted by Crippen LogP contribution is -2.17. The highest BCUT2D eigenvalue weighted by molar-refractivity contribution is 5.94. The lowest BCUT2D eigenvalue weighted by molar-refractivity contribution is 0.0963. The molecular formula is C16H16F2N2O. The molecule has 0 radical (unpaired) electrons. The van der Waals surface area contributed by atoms with E-state index in [1.54, 1.807) is 25.2 Å². The fraction of sp³-hybridized carbons (Fsp3) is 0.188. The first kappa shape index (κ1) is 15.0. The van der Waals surface area contributed by atoms with Crippen LogP contribution in [0.25, 0.3) is 0 Å². The van der Waals surface area contributed by atoms with Crippen molar-refractivity contribution in [3.8, 4) is 0 Å². The first-order valence-corrected chi connectivity index (χ1v) is 6.51. The largest absolute Gasteiger partial charge is 0.381 e. The smallest absolute Gasteiger partial charge is 0.251 e. The van der Waals surface area contributed by atoms with Gasteiger partial charge in [-0.05, 0) is 48.4 Å². The van der Waals surface area contributed by atoms with Gasteiger partial charge < -0.3 is 10.6 Å². The van der Waals surface area contributed by atoms with E-state index in [9.17, 15) is 13.6 Å². The normalized spacial score (nSPS) is 10.3. The molecule has 5 heteroatoms. The summed E-state index contributed by atoms with van der Waals surface area (Å²) in [7, 11) is 1.57. The summed E-state index contributed by atoms with van der Waals surface area (Å²) >= 11 is 0. The predicted molar refractivity (Wildman–Crippen MR) is 78.3 cm³/mol. The minimum Gasteiger partial charge on any atom is -0.381 e. The van der Waals surface area contributed by atoms with Gasteiger partial charge in [-0.1, -0.05) is 0 Å². The molecule has 0 spiro atoms. The summed E-state index contributed by atoms with van der Waals surface area (Å²) in [4.78, 5) is 11.5. The van der Waals surface area contributed by atoms with E-state index in [1.807, 2.05) is 6.92 Å². The van der Waals surface area contributed by atoms with Crippen LogP contribution in [0.3, 0.4) is 0 Å². The average Bonchev–Trinajstić information content (AvgIpc) is 2.44. The van der Waals surface area contributed by atoms with E-state index in [-0.39, 0.29) is 5.91 Å². The van der Waals surface area contributed by atoms with Crippen LogP contribution in [0, 0.1) is 18.6 Å². The second-order valence-electron chi connectivity index (χ2n) is 4.74. The summed E-state index contributed by atoms with van der Waals surface area (Å²) in [5.74, 6) is -1.35. The number of carbonyl (C=O) groups is 1. The zero-order valence-corrected chi connectivity index (χ0v) is 11.8. The molecule has 0 aliphatic heterocycles. The molecule has 0 unspecified atom stereocenters. The van der Waals surface area contributed by atoms with Gasteiger partial charge in [0.05, 0.1) is 0 Å². The van der Waals surface area contributed by atoms with Crippen LogP contribution in [0.1, 0.15) is 21.5 Å². The van der Waals surface area contributed by atoms with Gasteiger partial charge in [0, 0.05) is 30.9 Å². The Bertz CT molecular complexity index is 651. The van der Waals surface area contributed by atoms with Crippen LogP contribution in [0.15, 0.2) is 36.4 Å². The number of amides is 1. The molecule has 0 fully saturated rings. The van der Waals surface area contributed by atoms with Crippen LogP contribution in [0.4, 0.5) is 14.5 Å². The minimum absolute atomic E-state index is 0.156. The SMILES string of the molecule is CNC(=O)c1ccc(NCc2cc(F)cc(F)c2)c(C)c1. The highest BCUT2D eigenvalue weighted by Crippen LogP contribution is 2.18. The first-order chi connectivity index (χ1) is 9.99. The maximum absolute atomic E-state index is 13.1. The molecule has 0 aliphatic carbocycles.